The van der Waals surface area contributed by atoms with Gasteiger partial charge >= 0.3 is 0 Å². The first-order valence-electron chi connectivity index (χ1n) is 9.80. The third kappa shape index (κ3) is 4.20. The molecule has 0 aromatic heterocycles. The van der Waals surface area contributed by atoms with Gasteiger partial charge in [0, 0.05) is 39.2 Å². The Balaban J connectivity index is 1.72. The molecule has 1 saturated carbocycles. The molecule has 0 spiro atoms. The van der Waals surface area contributed by atoms with E-state index in [1.165, 1.54) is 0 Å². The van der Waals surface area contributed by atoms with Crippen molar-refractivity contribution in [2.75, 3.05) is 41.5 Å². The van der Waals surface area contributed by atoms with Crippen LogP contribution in [0.15, 0.2) is 12.1 Å². The Morgan fingerprint density at radius 1 is 1.04 bits per heavy atom. The van der Waals surface area contributed by atoms with Crippen molar-refractivity contribution in [3.8, 4) is 17.2 Å². The summed E-state index contributed by atoms with van der Waals surface area (Å²) in [5.41, 5.74) is 1.08. The second-order valence-corrected chi connectivity index (χ2v) is 7.76. The highest BCUT2D eigenvalue weighted by molar-refractivity contribution is 5.73. The van der Waals surface area contributed by atoms with Crippen LogP contribution in [0.3, 0.4) is 0 Å². The zero-order valence-electron chi connectivity index (χ0n) is 17.5. The number of nitrogens with zero attached hydrogens (tertiary/aromatic N) is 1. The number of rotatable bonds is 7. The van der Waals surface area contributed by atoms with Crippen LogP contribution in [0.25, 0.3) is 0 Å². The molecular weight excluding hydrogens is 360 g/mol. The predicted octanol–water partition coefficient (Wildman–Crippen LogP) is 2.07. The van der Waals surface area contributed by atoms with Gasteiger partial charge in [-0.2, -0.15) is 0 Å². The van der Waals surface area contributed by atoms with E-state index in [0.29, 0.717) is 23.3 Å². The summed E-state index contributed by atoms with van der Waals surface area (Å²) in [6, 6.07) is 4.06. The van der Waals surface area contributed by atoms with Gasteiger partial charge in [-0.25, -0.2) is 0 Å². The Bertz CT molecular complexity index is 696. The molecule has 7 nitrogen and oxygen atoms in total. The van der Waals surface area contributed by atoms with Crippen LogP contribution in [-0.2, 0) is 16.1 Å². The minimum absolute atomic E-state index is 0.00965. The van der Waals surface area contributed by atoms with Gasteiger partial charge in [0.2, 0.25) is 11.7 Å². The Morgan fingerprint density at radius 3 is 2.29 bits per heavy atom. The van der Waals surface area contributed by atoms with Crippen LogP contribution in [0, 0.1) is 11.8 Å². The number of fused-ring (bicyclic) bond motifs is 1. The molecule has 28 heavy (non-hydrogen) atoms. The number of amides is 1. The van der Waals surface area contributed by atoms with Crippen molar-refractivity contribution in [2.45, 2.75) is 38.5 Å². The maximum Gasteiger partial charge on any atom is 0.217 e. The molecule has 1 saturated heterocycles. The molecule has 2 fully saturated rings. The van der Waals surface area contributed by atoms with Gasteiger partial charge in [0.05, 0.1) is 33.5 Å². The number of hydrogen-bond donors (Lipinski definition) is 1. The zero-order valence-corrected chi connectivity index (χ0v) is 17.5. The molecule has 156 valence electrons. The normalized spacial score (nSPS) is 27.2. The van der Waals surface area contributed by atoms with Crippen LogP contribution >= 0.6 is 0 Å². The van der Waals surface area contributed by atoms with Crippen molar-refractivity contribution in [3.05, 3.63) is 17.7 Å². The van der Waals surface area contributed by atoms with Gasteiger partial charge in [-0.05, 0) is 30.7 Å². The van der Waals surface area contributed by atoms with Crippen molar-refractivity contribution in [3.63, 3.8) is 0 Å². The lowest BCUT2D eigenvalue weighted by atomic mass is 9.77. The van der Waals surface area contributed by atoms with E-state index in [9.17, 15) is 4.79 Å². The van der Waals surface area contributed by atoms with E-state index in [-0.39, 0.29) is 18.1 Å². The second kappa shape index (κ2) is 9.01. The smallest absolute Gasteiger partial charge is 0.217 e. The fourth-order valence-electron chi connectivity index (χ4n) is 4.84. The first-order valence-corrected chi connectivity index (χ1v) is 9.80. The average Bonchev–Trinajstić information content (AvgIpc) is 3.07. The van der Waals surface area contributed by atoms with Crippen molar-refractivity contribution >= 4 is 5.91 Å². The van der Waals surface area contributed by atoms with Crippen LogP contribution in [0.4, 0.5) is 0 Å². The summed E-state index contributed by atoms with van der Waals surface area (Å²) in [6.07, 6.45) is 2.02. The zero-order chi connectivity index (χ0) is 20.3. The van der Waals surface area contributed by atoms with E-state index < -0.39 is 0 Å². The quantitative estimate of drug-likeness (QED) is 0.766. The molecule has 0 bridgehead atoms. The topological polar surface area (TPSA) is 69.3 Å². The average molecular weight is 392 g/mol. The van der Waals surface area contributed by atoms with Crippen molar-refractivity contribution in [1.82, 2.24) is 10.2 Å². The van der Waals surface area contributed by atoms with Crippen LogP contribution < -0.4 is 19.5 Å². The lowest BCUT2D eigenvalue weighted by molar-refractivity contribution is -0.121. The highest BCUT2D eigenvalue weighted by Gasteiger charge is 2.42. The maximum atomic E-state index is 11.5. The molecule has 2 aliphatic rings. The number of carbonyl (C=O) groups excluding carboxylic acids is 1. The van der Waals surface area contributed by atoms with E-state index in [1.807, 2.05) is 12.1 Å². The molecule has 0 radical (unpaired) electrons. The van der Waals surface area contributed by atoms with Crippen molar-refractivity contribution < 1.29 is 23.7 Å². The number of methoxy groups -OCH3 is 4. The minimum Gasteiger partial charge on any atom is -0.493 e. The SMILES string of the molecule is COc1ccc(CN2C[C@H]3C[C@@H](NC(C)=O)[C@H](OC)C[C@H]3C2)c(OC)c1OC. The standard InChI is InChI=1S/C21H32N2O5/c1-13(24)22-17-8-15-11-23(12-16(15)9-19(17)26-3)10-14-6-7-18(25-2)21(28-5)20(14)27-4/h6-7,15-17,19H,8-12H2,1-5H3,(H,22,24)/t15-,16+,17-,19-/m1/s1. The highest BCUT2D eigenvalue weighted by Crippen LogP contribution is 2.42. The van der Waals surface area contributed by atoms with E-state index in [1.54, 1.807) is 35.4 Å². The fourth-order valence-corrected chi connectivity index (χ4v) is 4.84. The molecule has 1 aliphatic heterocycles. The summed E-state index contributed by atoms with van der Waals surface area (Å²) >= 11 is 0. The van der Waals surface area contributed by atoms with Gasteiger partial charge in [0.25, 0.3) is 0 Å². The van der Waals surface area contributed by atoms with Crippen LogP contribution in [-0.4, -0.2) is 64.5 Å². The van der Waals surface area contributed by atoms with Crippen molar-refractivity contribution in [1.29, 1.82) is 0 Å². The third-order valence-corrected chi connectivity index (χ3v) is 6.06. The second-order valence-electron chi connectivity index (χ2n) is 7.76. The summed E-state index contributed by atoms with van der Waals surface area (Å²) in [6.45, 7) is 4.39. The Labute approximate surface area is 167 Å². The highest BCUT2D eigenvalue weighted by atomic mass is 16.5. The summed E-state index contributed by atoms with van der Waals surface area (Å²) in [7, 11) is 6.65. The summed E-state index contributed by atoms with van der Waals surface area (Å²) in [5.74, 6) is 3.18. The lowest BCUT2D eigenvalue weighted by Gasteiger charge is -2.37. The largest absolute Gasteiger partial charge is 0.493 e. The van der Waals surface area contributed by atoms with E-state index in [4.69, 9.17) is 18.9 Å². The van der Waals surface area contributed by atoms with E-state index in [0.717, 1.165) is 43.8 Å². The van der Waals surface area contributed by atoms with E-state index in [2.05, 4.69) is 10.2 Å². The Morgan fingerprint density at radius 2 is 1.71 bits per heavy atom. The molecule has 4 atom stereocenters. The molecule has 1 aromatic rings. The molecule has 3 rings (SSSR count). The summed E-state index contributed by atoms with van der Waals surface area (Å²) in [5, 5.41) is 3.07. The van der Waals surface area contributed by atoms with E-state index >= 15 is 0 Å². The first-order chi connectivity index (χ1) is 13.5. The number of benzene rings is 1. The molecular formula is C21H32N2O5. The third-order valence-electron chi connectivity index (χ3n) is 6.06. The molecule has 1 heterocycles. The summed E-state index contributed by atoms with van der Waals surface area (Å²) in [4.78, 5) is 14.0. The van der Waals surface area contributed by atoms with Crippen molar-refractivity contribution in [2.24, 2.45) is 11.8 Å². The number of likely N-dealkylation sites (tertiary alicyclic amines) is 1. The molecule has 0 unspecified atom stereocenters. The van der Waals surface area contributed by atoms with Crippen LogP contribution in [0.1, 0.15) is 25.3 Å². The van der Waals surface area contributed by atoms with Gasteiger partial charge in [-0.3, -0.25) is 9.69 Å². The molecule has 1 N–H and O–H groups in total. The molecule has 1 aromatic carbocycles. The predicted molar refractivity (Wildman–Crippen MR) is 106 cm³/mol. The van der Waals surface area contributed by atoms with Gasteiger partial charge < -0.3 is 24.3 Å². The minimum atomic E-state index is 0.00965. The first kappa shape index (κ1) is 20.7. The number of hydrogen-bond acceptors (Lipinski definition) is 6. The van der Waals surface area contributed by atoms with Gasteiger partial charge in [0.1, 0.15) is 0 Å². The van der Waals surface area contributed by atoms with Gasteiger partial charge in [0.15, 0.2) is 11.5 Å². The summed E-state index contributed by atoms with van der Waals surface area (Å²) < 4.78 is 22.2. The Hall–Kier alpha value is -1.99. The lowest BCUT2D eigenvalue weighted by Crippen LogP contribution is -2.49. The molecule has 1 aliphatic carbocycles. The van der Waals surface area contributed by atoms with Crippen LogP contribution in [0.2, 0.25) is 0 Å². The number of ether oxygens (including phenoxy) is 4. The van der Waals surface area contributed by atoms with Gasteiger partial charge in [-0.15, -0.1) is 0 Å². The fraction of sp³-hybridized carbons (Fsp3) is 0.667. The molecule has 1 amide bonds. The van der Waals surface area contributed by atoms with Crippen LogP contribution in [0.5, 0.6) is 17.2 Å². The number of carbonyl (C=O) groups is 1. The molecule has 7 heteroatoms. The Kier molecular flexibility index (Phi) is 6.67. The maximum absolute atomic E-state index is 11.5. The monoisotopic (exact) mass is 392 g/mol. The number of nitrogens with one attached hydrogen (secondary N) is 1. The van der Waals surface area contributed by atoms with Gasteiger partial charge in [-0.1, -0.05) is 6.07 Å².